The minimum Gasteiger partial charge on any atom is -0.497 e. The molecule has 0 aromatic heterocycles. The van der Waals surface area contributed by atoms with Crippen LogP contribution in [0.4, 0.5) is 5.69 Å². The van der Waals surface area contributed by atoms with Crippen LogP contribution < -0.4 is 15.8 Å². The first-order chi connectivity index (χ1) is 10.1. The topological polar surface area (TPSA) is 67.6 Å². The molecule has 5 nitrogen and oxygen atoms in total. The molecule has 114 valence electrons. The average molecular weight is 307 g/mol. The van der Waals surface area contributed by atoms with Crippen LogP contribution in [0.1, 0.15) is 12.8 Å². The molecule has 1 saturated heterocycles. The van der Waals surface area contributed by atoms with Gasteiger partial charge in [-0.3, -0.25) is 9.69 Å². The molecule has 21 heavy (non-hydrogen) atoms. The first kappa shape index (κ1) is 15.7. The second-order valence-corrected chi connectivity index (χ2v) is 5.73. The number of nitrogens with two attached hydrogens (primary N) is 1. The largest absolute Gasteiger partial charge is 0.497 e. The number of benzene rings is 1. The maximum Gasteiger partial charge on any atom is 0.238 e. The molecular weight excluding hydrogens is 286 g/mol. The number of hydrogen-bond donors (Lipinski definition) is 2. The number of methoxy groups -OCH3 is 1. The summed E-state index contributed by atoms with van der Waals surface area (Å²) < 4.78 is 5.14. The Morgan fingerprint density at radius 2 is 2.38 bits per heavy atom. The van der Waals surface area contributed by atoms with E-state index in [0.717, 1.165) is 37.4 Å². The van der Waals surface area contributed by atoms with Crippen LogP contribution in [0.15, 0.2) is 24.3 Å². The van der Waals surface area contributed by atoms with Gasteiger partial charge in [0, 0.05) is 24.2 Å². The van der Waals surface area contributed by atoms with Crippen molar-refractivity contribution in [1.82, 2.24) is 4.90 Å². The highest BCUT2D eigenvalue weighted by molar-refractivity contribution is 7.80. The number of nitrogens with zero attached hydrogens (tertiary/aromatic N) is 1. The summed E-state index contributed by atoms with van der Waals surface area (Å²) in [5.74, 6) is 0.907. The van der Waals surface area contributed by atoms with Crippen molar-refractivity contribution in [2.24, 2.45) is 11.7 Å². The standard InChI is InChI=1S/C15H21N3O2S/c1-20-13-6-2-5-12(8-13)17-14(19)10-18-7-3-4-11(9-18)15(16)21/h2,5-6,8,11H,3-4,7,9-10H2,1H3,(H2,16,21)(H,17,19). The Kier molecular flexibility index (Phi) is 5.52. The van der Waals surface area contributed by atoms with E-state index >= 15 is 0 Å². The van der Waals surface area contributed by atoms with Gasteiger partial charge in [-0.1, -0.05) is 18.3 Å². The molecule has 1 heterocycles. The molecule has 3 N–H and O–H groups in total. The average Bonchev–Trinajstić information content (AvgIpc) is 2.47. The van der Waals surface area contributed by atoms with E-state index in [0.29, 0.717) is 11.5 Å². The van der Waals surface area contributed by atoms with Gasteiger partial charge in [-0.25, -0.2) is 0 Å². The van der Waals surface area contributed by atoms with Crippen LogP contribution >= 0.6 is 12.2 Å². The van der Waals surface area contributed by atoms with Gasteiger partial charge in [-0.05, 0) is 31.5 Å². The molecule has 1 aromatic carbocycles. The van der Waals surface area contributed by atoms with E-state index in [1.807, 2.05) is 18.2 Å². The SMILES string of the molecule is COc1cccc(NC(=O)CN2CCCC(C(N)=S)C2)c1. The summed E-state index contributed by atoms with van der Waals surface area (Å²) in [5, 5.41) is 2.88. The lowest BCUT2D eigenvalue weighted by Crippen LogP contribution is -2.43. The van der Waals surface area contributed by atoms with Crippen LogP contribution in [0.3, 0.4) is 0 Å². The number of anilines is 1. The Balaban J connectivity index is 1.87. The van der Waals surface area contributed by atoms with Crippen molar-refractivity contribution < 1.29 is 9.53 Å². The highest BCUT2D eigenvalue weighted by Crippen LogP contribution is 2.18. The van der Waals surface area contributed by atoms with Crippen LogP contribution in [0.25, 0.3) is 0 Å². The van der Waals surface area contributed by atoms with E-state index < -0.39 is 0 Å². The van der Waals surface area contributed by atoms with Crippen molar-refractivity contribution in [3.05, 3.63) is 24.3 Å². The number of ether oxygens (including phenoxy) is 1. The van der Waals surface area contributed by atoms with Gasteiger partial charge in [0.15, 0.2) is 0 Å². The fourth-order valence-electron chi connectivity index (χ4n) is 2.54. The molecule has 0 spiro atoms. The Labute approximate surface area is 130 Å². The molecule has 0 bridgehead atoms. The van der Waals surface area contributed by atoms with Gasteiger partial charge >= 0.3 is 0 Å². The smallest absolute Gasteiger partial charge is 0.238 e. The summed E-state index contributed by atoms with van der Waals surface area (Å²) in [6.45, 7) is 2.03. The summed E-state index contributed by atoms with van der Waals surface area (Å²) >= 11 is 5.05. The first-order valence-corrected chi connectivity index (χ1v) is 7.45. The molecule has 1 unspecified atom stereocenters. The van der Waals surface area contributed by atoms with Gasteiger partial charge in [0.1, 0.15) is 5.75 Å². The minimum absolute atomic E-state index is 0.0353. The molecule has 2 rings (SSSR count). The van der Waals surface area contributed by atoms with Crippen LogP contribution in [0, 0.1) is 5.92 Å². The monoisotopic (exact) mass is 307 g/mol. The lowest BCUT2D eigenvalue weighted by Gasteiger charge is -2.31. The third-order valence-electron chi connectivity index (χ3n) is 3.63. The molecule has 1 aliphatic rings. The zero-order valence-electron chi connectivity index (χ0n) is 12.2. The summed E-state index contributed by atoms with van der Waals surface area (Å²) in [4.78, 5) is 14.7. The summed E-state index contributed by atoms with van der Waals surface area (Å²) in [6, 6.07) is 7.33. The van der Waals surface area contributed by atoms with Crippen molar-refractivity contribution in [2.45, 2.75) is 12.8 Å². The van der Waals surface area contributed by atoms with Crippen molar-refractivity contribution in [1.29, 1.82) is 0 Å². The number of rotatable bonds is 5. The van der Waals surface area contributed by atoms with E-state index in [9.17, 15) is 4.79 Å². The van der Waals surface area contributed by atoms with Crippen molar-refractivity contribution in [2.75, 3.05) is 32.1 Å². The van der Waals surface area contributed by atoms with Crippen LogP contribution in [-0.4, -0.2) is 42.5 Å². The van der Waals surface area contributed by atoms with Gasteiger partial charge in [-0.2, -0.15) is 0 Å². The fraction of sp³-hybridized carbons (Fsp3) is 0.467. The molecule has 1 fully saturated rings. The highest BCUT2D eigenvalue weighted by atomic mass is 32.1. The Morgan fingerprint density at radius 3 is 3.10 bits per heavy atom. The molecular formula is C15H21N3O2S. The van der Waals surface area contributed by atoms with E-state index in [4.69, 9.17) is 22.7 Å². The predicted octanol–water partition coefficient (Wildman–Crippen LogP) is 1.63. The number of hydrogen-bond acceptors (Lipinski definition) is 4. The molecule has 1 aliphatic heterocycles. The quantitative estimate of drug-likeness (QED) is 0.809. The van der Waals surface area contributed by atoms with Crippen molar-refractivity contribution in [3.63, 3.8) is 0 Å². The third kappa shape index (κ3) is 4.68. The van der Waals surface area contributed by atoms with Gasteiger partial charge in [0.25, 0.3) is 0 Å². The van der Waals surface area contributed by atoms with Crippen molar-refractivity contribution in [3.8, 4) is 5.75 Å². The van der Waals surface area contributed by atoms with E-state index in [1.54, 1.807) is 13.2 Å². The molecule has 1 aromatic rings. The Hall–Kier alpha value is -1.66. The van der Waals surface area contributed by atoms with E-state index in [1.165, 1.54) is 0 Å². The van der Waals surface area contributed by atoms with Crippen LogP contribution in [0.2, 0.25) is 0 Å². The second kappa shape index (κ2) is 7.38. The van der Waals surface area contributed by atoms with Gasteiger partial charge in [0.2, 0.25) is 5.91 Å². The maximum absolute atomic E-state index is 12.1. The lowest BCUT2D eigenvalue weighted by molar-refractivity contribution is -0.117. The summed E-state index contributed by atoms with van der Waals surface area (Å²) in [6.07, 6.45) is 2.04. The number of carbonyl (C=O) groups excluding carboxylic acids is 1. The molecule has 0 radical (unpaired) electrons. The maximum atomic E-state index is 12.1. The molecule has 1 atom stereocenters. The number of likely N-dealkylation sites (tertiary alicyclic amines) is 1. The second-order valence-electron chi connectivity index (χ2n) is 5.26. The zero-order chi connectivity index (χ0) is 15.2. The highest BCUT2D eigenvalue weighted by Gasteiger charge is 2.23. The fourth-order valence-corrected chi connectivity index (χ4v) is 2.73. The summed E-state index contributed by atoms with van der Waals surface area (Å²) in [7, 11) is 1.60. The zero-order valence-corrected chi connectivity index (χ0v) is 13.0. The van der Waals surface area contributed by atoms with Crippen LogP contribution in [0.5, 0.6) is 5.75 Å². The Bertz CT molecular complexity index is 521. The number of piperidine rings is 1. The Morgan fingerprint density at radius 1 is 1.57 bits per heavy atom. The third-order valence-corrected chi connectivity index (χ3v) is 3.96. The summed E-state index contributed by atoms with van der Waals surface area (Å²) in [5.41, 5.74) is 6.44. The molecule has 0 saturated carbocycles. The molecule has 1 amide bonds. The molecule has 6 heteroatoms. The van der Waals surface area contributed by atoms with Crippen LogP contribution in [-0.2, 0) is 4.79 Å². The lowest BCUT2D eigenvalue weighted by atomic mass is 9.98. The van der Waals surface area contributed by atoms with E-state index in [-0.39, 0.29) is 11.8 Å². The first-order valence-electron chi connectivity index (χ1n) is 7.04. The number of amides is 1. The number of carbonyl (C=O) groups is 1. The molecule has 0 aliphatic carbocycles. The van der Waals surface area contributed by atoms with Gasteiger partial charge < -0.3 is 15.8 Å². The van der Waals surface area contributed by atoms with Gasteiger partial charge in [-0.15, -0.1) is 0 Å². The predicted molar refractivity (Wildman–Crippen MR) is 87.6 cm³/mol. The number of nitrogens with one attached hydrogen (secondary N) is 1. The number of thiocarbonyl (C=S) groups is 1. The normalized spacial score (nSPS) is 19.0. The van der Waals surface area contributed by atoms with E-state index in [2.05, 4.69) is 10.2 Å². The minimum atomic E-state index is -0.0353. The van der Waals surface area contributed by atoms with Gasteiger partial charge in [0.05, 0.1) is 18.6 Å². The van der Waals surface area contributed by atoms with Crippen molar-refractivity contribution >= 4 is 28.8 Å².